The van der Waals surface area contributed by atoms with Gasteiger partial charge in [0.25, 0.3) is 0 Å². The van der Waals surface area contributed by atoms with E-state index in [1.54, 1.807) is 0 Å². The molecule has 1 heterocycles. The zero-order chi connectivity index (χ0) is 26.6. The molecule has 0 amide bonds. The third-order valence-corrected chi connectivity index (χ3v) is 9.33. The number of hydrogen-bond acceptors (Lipinski definition) is 0. The maximum Gasteiger partial charge on any atom is 0.0547 e. The number of rotatable bonds is 2. The van der Waals surface area contributed by atoms with Crippen LogP contribution in [0.5, 0.6) is 0 Å². The highest BCUT2D eigenvalue weighted by Crippen LogP contribution is 2.50. The van der Waals surface area contributed by atoms with Crippen LogP contribution in [0.3, 0.4) is 0 Å². The van der Waals surface area contributed by atoms with Crippen LogP contribution in [0.4, 0.5) is 0 Å². The third kappa shape index (κ3) is 2.72. The third-order valence-electron chi connectivity index (χ3n) is 9.33. The normalized spacial score (nSPS) is 13.9. The Labute approximate surface area is 232 Å². The molecule has 0 spiro atoms. The number of hydrogen-bond donors (Lipinski definition) is 0. The van der Waals surface area contributed by atoms with Crippen molar-refractivity contribution >= 4 is 54.1 Å². The Hall–Kier alpha value is -4.88. The Morgan fingerprint density at radius 2 is 1.15 bits per heavy atom. The van der Waals surface area contributed by atoms with E-state index in [4.69, 9.17) is 0 Å². The van der Waals surface area contributed by atoms with Crippen LogP contribution in [0, 0.1) is 0 Å². The lowest BCUT2D eigenvalue weighted by molar-refractivity contribution is 0.652. The van der Waals surface area contributed by atoms with Gasteiger partial charge in [-0.15, -0.1) is 0 Å². The second-order valence-electron chi connectivity index (χ2n) is 11.8. The lowest BCUT2D eigenvalue weighted by atomic mass is 9.69. The molecule has 0 radical (unpaired) electrons. The summed E-state index contributed by atoms with van der Waals surface area (Å²) in [5.74, 6) is 0. The predicted molar refractivity (Wildman–Crippen MR) is 171 cm³/mol. The minimum atomic E-state index is -0.0831. The van der Waals surface area contributed by atoms with Gasteiger partial charge in [0, 0.05) is 21.6 Å². The summed E-state index contributed by atoms with van der Waals surface area (Å²) in [6.07, 6.45) is 0. The number of nitrogens with zero attached hydrogens (tertiary/aromatic N) is 1. The lowest BCUT2D eigenvalue weighted by Gasteiger charge is -2.34. The molecule has 188 valence electrons. The van der Waals surface area contributed by atoms with Crippen molar-refractivity contribution in [2.24, 2.45) is 0 Å². The fourth-order valence-corrected chi connectivity index (χ4v) is 7.46. The fourth-order valence-electron chi connectivity index (χ4n) is 7.46. The molecule has 1 heteroatoms. The first-order valence-corrected chi connectivity index (χ1v) is 14.1. The van der Waals surface area contributed by atoms with Crippen molar-refractivity contribution in [3.8, 4) is 16.8 Å². The van der Waals surface area contributed by atoms with Gasteiger partial charge in [0.05, 0.1) is 16.7 Å². The summed E-state index contributed by atoms with van der Waals surface area (Å²) in [4.78, 5) is 0. The molecule has 7 aromatic carbocycles. The highest BCUT2D eigenvalue weighted by atomic mass is 15.0. The summed E-state index contributed by atoms with van der Waals surface area (Å²) in [6, 6.07) is 47.3. The molecule has 0 N–H and O–H groups in total. The maximum absolute atomic E-state index is 2.51. The zero-order valence-corrected chi connectivity index (χ0v) is 22.6. The Balaban J connectivity index is 1.49. The van der Waals surface area contributed by atoms with Crippen molar-refractivity contribution in [3.63, 3.8) is 0 Å². The zero-order valence-electron chi connectivity index (χ0n) is 22.6. The first kappa shape index (κ1) is 22.0. The molecule has 0 saturated carbocycles. The van der Waals surface area contributed by atoms with E-state index in [1.165, 1.54) is 82.1 Å². The highest BCUT2D eigenvalue weighted by Gasteiger charge is 2.33. The molecule has 0 bridgehead atoms. The summed E-state index contributed by atoms with van der Waals surface area (Å²) in [6.45, 7) is 4.77. The minimum Gasteiger partial charge on any atom is -0.309 e. The van der Waals surface area contributed by atoms with Gasteiger partial charge in [-0.25, -0.2) is 0 Å². The Kier molecular flexibility index (Phi) is 4.18. The van der Waals surface area contributed by atoms with Gasteiger partial charge in [-0.05, 0) is 67.4 Å². The summed E-state index contributed by atoms with van der Waals surface area (Å²) in [5, 5.41) is 10.7. The molecule has 1 aromatic heterocycles. The van der Waals surface area contributed by atoms with Crippen molar-refractivity contribution in [1.82, 2.24) is 4.57 Å². The van der Waals surface area contributed by atoms with Gasteiger partial charge in [0.2, 0.25) is 0 Å². The molecule has 0 fully saturated rings. The SMILES string of the molecule is CC1(C)c2cccc3ccc4cc(-n5c6ccccc6c6ccc(-c7ccccc7)cc65)c5cccc1c5c4c23. The van der Waals surface area contributed by atoms with Crippen LogP contribution in [-0.2, 0) is 5.41 Å². The van der Waals surface area contributed by atoms with Gasteiger partial charge in [-0.2, -0.15) is 0 Å². The van der Waals surface area contributed by atoms with Crippen LogP contribution in [0.2, 0.25) is 0 Å². The summed E-state index contributed by atoms with van der Waals surface area (Å²) >= 11 is 0. The van der Waals surface area contributed by atoms with Crippen molar-refractivity contribution < 1.29 is 0 Å². The van der Waals surface area contributed by atoms with Crippen molar-refractivity contribution in [3.05, 3.63) is 139 Å². The average molecular weight is 510 g/mol. The summed E-state index contributed by atoms with van der Waals surface area (Å²) < 4.78 is 2.51. The van der Waals surface area contributed by atoms with Crippen LogP contribution in [0.15, 0.2) is 127 Å². The molecule has 0 unspecified atom stereocenters. The number of para-hydroxylation sites is 1. The number of fused-ring (bicyclic) bond motifs is 3. The summed E-state index contributed by atoms with van der Waals surface area (Å²) in [5.41, 5.74) is 8.96. The molecule has 0 aliphatic heterocycles. The molecule has 8 aromatic rings. The molecule has 0 atom stereocenters. The van der Waals surface area contributed by atoms with E-state index in [9.17, 15) is 0 Å². The second-order valence-corrected chi connectivity index (χ2v) is 11.8. The first-order chi connectivity index (χ1) is 19.6. The fraction of sp³-hybridized carbons (Fsp3) is 0.0769. The molecule has 40 heavy (non-hydrogen) atoms. The quantitative estimate of drug-likeness (QED) is 0.204. The second kappa shape index (κ2) is 7.61. The largest absolute Gasteiger partial charge is 0.309 e. The molecule has 9 rings (SSSR count). The minimum absolute atomic E-state index is 0.0831. The average Bonchev–Trinajstić information content (AvgIpc) is 3.33. The van der Waals surface area contributed by atoms with Gasteiger partial charge in [0.15, 0.2) is 0 Å². The topological polar surface area (TPSA) is 4.93 Å². The van der Waals surface area contributed by atoms with E-state index in [0.29, 0.717) is 0 Å². The van der Waals surface area contributed by atoms with Crippen LogP contribution in [-0.4, -0.2) is 4.57 Å². The molecule has 0 saturated heterocycles. The smallest absolute Gasteiger partial charge is 0.0547 e. The van der Waals surface area contributed by atoms with Gasteiger partial charge in [-0.1, -0.05) is 123 Å². The van der Waals surface area contributed by atoms with Crippen molar-refractivity contribution in [2.45, 2.75) is 19.3 Å². The number of benzene rings is 7. The van der Waals surface area contributed by atoms with E-state index >= 15 is 0 Å². The summed E-state index contributed by atoms with van der Waals surface area (Å²) in [7, 11) is 0. The predicted octanol–water partition coefficient (Wildman–Crippen LogP) is 10.5. The van der Waals surface area contributed by atoms with Gasteiger partial charge >= 0.3 is 0 Å². The van der Waals surface area contributed by atoms with E-state index in [-0.39, 0.29) is 5.41 Å². The Bertz CT molecular complexity index is 2330. The van der Waals surface area contributed by atoms with Crippen LogP contribution >= 0.6 is 0 Å². The van der Waals surface area contributed by atoms with Crippen LogP contribution in [0.25, 0.3) is 70.9 Å². The maximum atomic E-state index is 2.51. The van der Waals surface area contributed by atoms with Gasteiger partial charge in [-0.3, -0.25) is 0 Å². The molecular weight excluding hydrogens is 482 g/mol. The Morgan fingerprint density at radius 1 is 0.450 bits per heavy atom. The molecule has 1 nitrogen and oxygen atoms in total. The van der Waals surface area contributed by atoms with Crippen LogP contribution in [0.1, 0.15) is 25.0 Å². The van der Waals surface area contributed by atoms with E-state index in [0.717, 1.165) is 0 Å². The lowest BCUT2D eigenvalue weighted by Crippen LogP contribution is -2.22. The Morgan fingerprint density at radius 3 is 2.02 bits per heavy atom. The standard InChI is InChI=1S/C39H27N/c1-39(2)31-15-8-12-25-18-19-27-23-35(30-14-9-16-32(39)38(30)37(27)36(25)31)40-33-17-7-6-13-28(33)29-21-20-26(22-34(29)40)24-10-4-3-5-11-24/h3-23H,1-2H3. The molecule has 1 aliphatic carbocycles. The van der Waals surface area contributed by atoms with Gasteiger partial charge in [0.1, 0.15) is 0 Å². The van der Waals surface area contributed by atoms with Gasteiger partial charge < -0.3 is 4.57 Å². The van der Waals surface area contributed by atoms with Crippen LogP contribution < -0.4 is 0 Å². The van der Waals surface area contributed by atoms with E-state index in [2.05, 4.69) is 146 Å². The van der Waals surface area contributed by atoms with Crippen molar-refractivity contribution in [2.75, 3.05) is 0 Å². The number of aromatic nitrogens is 1. The van der Waals surface area contributed by atoms with E-state index in [1.807, 2.05) is 0 Å². The highest BCUT2D eigenvalue weighted by molar-refractivity contribution is 6.26. The molecular formula is C39H27N. The monoisotopic (exact) mass is 509 g/mol. The van der Waals surface area contributed by atoms with Crippen molar-refractivity contribution in [1.29, 1.82) is 0 Å². The molecule has 1 aliphatic rings. The first-order valence-electron chi connectivity index (χ1n) is 14.1. The van der Waals surface area contributed by atoms with E-state index < -0.39 is 0 Å².